The van der Waals surface area contributed by atoms with Crippen molar-refractivity contribution in [2.24, 2.45) is 0 Å². The number of thiophene rings is 1. The lowest BCUT2D eigenvalue weighted by Gasteiger charge is -2.31. The third-order valence-corrected chi connectivity index (χ3v) is 6.64. The molecule has 0 bridgehead atoms. The standard InChI is InChI=1S/C22H30N2O4S/c1-14-18(21(25)27-2)20(17-11-8-12-29-17)19(22(26)28-3)16(24-14)13-23-15-9-6-4-5-7-10-15/h8,11-12,15,20,23-24H,4-7,9-10,13H2,1-3H3. The van der Waals surface area contributed by atoms with E-state index in [1.165, 1.54) is 51.2 Å². The molecule has 0 amide bonds. The van der Waals surface area contributed by atoms with E-state index in [2.05, 4.69) is 10.6 Å². The van der Waals surface area contributed by atoms with Gasteiger partial charge in [0.05, 0.1) is 31.3 Å². The van der Waals surface area contributed by atoms with Crippen LogP contribution in [0, 0.1) is 0 Å². The van der Waals surface area contributed by atoms with Gasteiger partial charge in [0.25, 0.3) is 0 Å². The van der Waals surface area contributed by atoms with Gasteiger partial charge >= 0.3 is 11.9 Å². The van der Waals surface area contributed by atoms with Crippen LogP contribution in [0.2, 0.25) is 0 Å². The maximum absolute atomic E-state index is 12.8. The fourth-order valence-electron chi connectivity index (χ4n) is 4.24. The largest absolute Gasteiger partial charge is 0.466 e. The van der Waals surface area contributed by atoms with Crippen molar-refractivity contribution in [1.29, 1.82) is 0 Å². The second-order valence-corrected chi connectivity index (χ2v) is 8.54. The summed E-state index contributed by atoms with van der Waals surface area (Å²) in [7, 11) is 2.74. The predicted molar refractivity (Wildman–Crippen MR) is 113 cm³/mol. The molecule has 1 aliphatic carbocycles. The third-order valence-electron chi connectivity index (χ3n) is 5.71. The van der Waals surface area contributed by atoms with Gasteiger partial charge in [0, 0.05) is 28.9 Å². The molecule has 158 valence electrons. The molecule has 0 saturated heterocycles. The van der Waals surface area contributed by atoms with Gasteiger partial charge in [-0.1, -0.05) is 31.7 Å². The molecule has 2 N–H and O–H groups in total. The monoisotopic (exact) mass is 418 g/mol. The van der Waals surface area contributed by atoms with Crippen LogP contribution >= 0.6 is 11.3 Å². The van der Waals surface area contributed by atoms with Gasteiger partial charge in [-0.25, -0.2) is 9.59 Å². The Morgan fingerprint density at radius 2 is 1.76 bits per heavy atom. The molecular formula is C22H30N2O4S. The van der Waals surface area contributed by atoms with Gasteiger partial charge in [-0.2, -0.15) is 0 Å². The van der Waals surface area contributed by atoms with E-state index in [1.807, 2.05) is 24.4 Å². The van der Waals surface area contributed by atoms with Crippen LogP contribution in [-0.2, 0) is 19.1 Å². The molecule has 2 heterocycles. The highest BCUT2D eigenvalue weighted by Crippen LogP contribution is 2.41. The number of ether oxygens (including phenoxy) is 2. The Balaban J connectivity index is 1.96. The van der Waals surface area contributed by atoms with Crippen LogP contribution in [0.1, 0.15) is 56.2 Å². The first kappa shape index (κ1) is 21.6. The third kappa shape index (κ3) is 4.90. The molecule has 1 fully saturated rings. The number of hydrogen-bond acceptors (Lipinski definition) is 7. The Kier molecular flexibility index (Phi) is 7.50. The molecule has 7 heteroatoms. The average Bonchev–Trinajstić information content (AvgIpc) is 3.14. The lowest BCUT2D eigenvalue weighted by molar-refractivity contribution is -0.137. The molecule has 3 rings (SSSR count). The van der Waals surface area contributed by atoms with Crippen molar-refractivity contribution in [1.82, 2.24) is 10.6 Å². The highest BCUT2D eigenvalue weighted by molar-refractivity contribution is 7.10. The Morgan fingerprint density at radius 3 is 2.34 bits per heavy atom. The van der Waals surface area contributed by atoms with Gasteiger partial charge in [-0.05, 0) is 31.2 Å². The minimum absolute atomic E-state index is 0.428. The van der Waals surface area contributed by atoms with Crippen LogP contribution in [0.3, 0.4) is 0 Å². The van der Waals surface area contributed by atoms with Crippen molar-refractivity contribution in [3.63, 3.8) is 0 Å². The minimum Gasteiger partial charge on any atom is -0.466 e. The molecule has 6 nitrogen and oxygen atoms in total. The van der Waals surface area contributed by atoms with E-state index < -0.39 is 17.9 Å². The first-order valence-corrected chi connectivity index (χ1v) is 11.1. The van der Waals surface area contributed by atoms with Crippen molar-refractivity contribution < 1.29 is 19.1 Å². The van der Waals surface area contributed by atoms with Crippen LogP contribution in [-0.4, -0.2) is 38.7 Å². The van der Waals surface area contributed by atoms with Gasteiger partial charge in [0.15, 0.2) is 0 Å². The Morgan fingerprint density at radius 1 is 1.10 bits per heavy atom. The molecule has 1 aromatic heterocycles. The number of carbonyl (C=O) groups excluding carboxylic acids is 2. The van der Waals surface area contributed by atoms with Crippen LogP contribution in [0.4, 0.5) is 0 Å². The van der Waals surface area contributed by atoms with Gasteiger partial charge in [0.2, 0.25) is 0 Å². The number of allylic oxidation sites excluding steroid dienone is 1. The molecule has 1 atom stereocenters. The first-order valence-electron chi connectivity index (χ1n) is 10.2. The molecule has 1 unspecified atom stereocenters. The SMILES string of the molecule is COC(=O)C1=C(C)NC(CNC2CCCCCC2)=C(C(=O)OC)C1c1cccs1. The van der Waals surface area contributed by atoms with Crippen molar-refractivity contribution in [2.75, 3.05) is 20.8 Å². The second-order valence-electron chi connectivity index (χ2n) is 7.56. The smallest absolute Gasteiger partial charge is 0.336 e. The summed E-state index contributed by atoms with van der Waals surface area (Å²) >= 11 is 1.51. The molecule has 1 aliphatic heterocycles. The van der Waals surface area contributed by atoms with E-state index >= 15 is 0 Å². The lowest BCUT2D eigenvalue weighted by Crippen LogP contribution is -2.39. The Hall–Kier alpha value is -2.12. The fraction of sp³-hybridized carbons (Fsp3) is 0.545. The highest BCUT2D eigenvalue weighted by Gasteiger charge is 2.39. The van der Waals surface area contributed by atoms with Gasteiger partial charge in [0.1, 0.15) is 0 Å². The quantitative estimate of drug-likeness (QED) is 0.543. The molecule has 29 heavy (non-hydrogen) atoms. The molecule has 2 aliphatic rings. The van der Waals surface area contributed by atoms with E-state index in [9.17, 15) is 9.59 Å². The van der Waals surface area contributed by atoms with Crippen LogP contribution in [0.25, 0.3) is 0 Å². The number of methoxy groups -OCH3 is 2. The second kappa shape index (κ2) is 10.1. The summed E-state index contributed by atoms with van der Waals surface area (Å²) in [6, 6.07) is 4.30. The van der Waals surface area contributed by atoms with Gasteiger partial charge in [-0.3, -0.25) is 0 Å². The maximum atomic E-state index is 12.8. The number of rotatable bonds is 6. The van der Waals surface area contributed by atoms with Crippen molar-refractivity contribution >= 4 is 23.3 Å². The van der Waals surface area contributed by atoms with Gasteiger partial charge < -0.3 is 20.1 Å². The molecular weight excluding hydrogens is 388 g/mol. The summed E-state index contributed by atoms with van der Waals surface area (Å²) in [4.78, 5) is 26.3. The molecule has 1 aromatic rings. The summed E-state index contributed by atoms with van der Waals surface area (Å²) < 4.78 is 10.2. The Labute approximate surface area is 176 Å². The normalized spacial score (nSPS) is 20.9. The first-order chi connectivity index (χ1) is 14.1. The van der Waals surface area contributed by atoms with E-state index in [4.69, 9.17) is 9.47 Å². The van der Waals surface area contributed by atoms with Crippen LogP contribution in [0.15, 0.2) is 40.1 Å². The molecule has 0 spiro atoms. The summed E-state index contributed by atoms with van der Waals surface area (Å²) in [5, 5.41) is 8.86. The number of dihydropyridines is 1. The van der Waals surface area contributed by atoms with E-state index in [0.29, 0.717) is 29.4 Å². The molecule has 0 aromatic carbocycles. The van der Waals surface area contributed by atoms with Crippen LogP contribution < -0.4 is 10.6 Å². The molecule has 0 radical (unpaired) electrons. The predicted octanol–water partition coefficient (Wildman–Crippen LogP) is 3.62. The number of esters is 2. The van der Waals surface area contributed by atoms with Crippen molar-refractivity contribution in [3.05, 3.63) is 44.9 Å². The fourth-order valence-corrected chi connectivity index (χ4v) is 5.08. The van der Waals surface area contributed by atoms with E-state index in [-0.39, 0.29) is 0 Å². The summed E-state index contributed by atoms with van der Waals surface area (Å²) in [5.41, 5.74) is 2.40. The van der Waals surface area contributed by atoms with Crippen molar-refractivity contribution in [3.8, 4) is 0 Å². The van der Waals surface area contributed by atoms with Gasteiger partial charge in [-0.15, -0.1) is 11.3 Å². The van der Waals surface area contributed by atoms with Crippen molar-refractivity contribution in [2.45, 2.75) is 57.4 Å². The average molecular weight is 419 g/mol. The van der Waals surface area contributed by atoms with E-state index in [1.54, 1.807) is 0 Å². The summed E-state index contributed by atoms with van der Waals surface area (Å²) in [6.45, 7) is 2.38. The van der Waals surface area contributed by atoms with E-state index in [0.717, 1.165) is 23.4 Å². The Bertz CT molecular complexity index is 790. The topological polar surface area (TPSA) is 76.7 Å². The number of hydrogen-bond donors (Lipinski definition) is 2. The zero-order valence-corrected chi connectivity index (χ0v) is 18.2. The lowest BCUT2D eigenvalue weighted by atomic mass is 9.84. The summed E-state index contributed by atoms with van der Waals surface area (Å²) in [6.07, 6.45) is 7.35. The van der Waals surface area contributed by atoms with Crippen LogP contribution in [0.5, 0.6) is 0 Å². The maximum Gasteiger partial charge on any atom is 0.336 e. The zero-order chi connectivity index (χ0) is 20.8. The minimum atomic E-state index is -0.498. The zero-order valence-electron chi connectivity index (χ0n) is 17.4. The molecule has 1 saturated carbocycles. The number of carbonyl (C=O) groups is 2. The highest BCUT2D eigenvalue weighted by atomic mass is 32.1. The summed E-state index contributed by atoms with van der Waals surface area (Å²) in [5.74, 6) is -1.37. The number of nitrogens with one attached hydrogen (secondary N) is 2.